The lowest BCUT2D eigenvalue weighted by atomic mass is 9.97. The number of benzene rings is 3. The molecule has 4 aromatic rings. The highest BCUT2D eigenvalue weighted by Gasteiger charge is 2.21. The number of ketones is 1. The Kier molecular flexibility index (Phi) is 3.69. The van der Waals surface area contributed by atoms with Gasteiger partial charge in [-0.15, -0.1) is 0 Å². The van der Waals surface area contributed by atoms with Crippen LogP contribution in [-0.2, 0) is 4.79 Å². The van der Waals surface area contributed by atoms with Gasteiger partial charge < -0.3 is 15.0 Å². The Labute approximate surface area is 160 Å². The summed E-state index contributed by atoms with van der Waals surface area (Å²) in [5, 5.41) is 2.74. The molecule has 5 rings (SSSR count). The maximum Gasteiger partial charge on any atom is 0.262 e. The Balaban J connectivity index is 1.58. The third kappa shape index (κ3) is 2.72. The average Bonchev–Trinajstić information content (AvgIpc) is 3.17. The van der Waals surface area contributed by atoms with Gasteiger partial charge in [-0.05, 0) is 30.3 Å². The molecule has 1 aliphatic rings. The number of rotatable bonds is 3. The minimum Gasteiger partial charge on any atom is -0.482 e. The molecule has 1 amide bonds. The summed E-state index contributed by atoms with van der Waals surface area (Å²) in [7, 11) is 0. The van der Waals surface area contributed by atoms with Gasteiger partial charge in [0, 0.05) is 16.7 Å². The number of imidazole rings is 1. The van der Waals surface area contributed by atoms with E-state index in [1.54, 1.807) is 24.3 Å². The molecule has 28 heavy (non-hydrogen) atoms. The Morgan fingerprint density at radius 1 is 1.00 bits per heavy atom. The van der Waals surface area contributed by atoms with Crippen LogP contribution >= 0.6 is 0 Å². The number of fused-ring (bicyclic) bond motifs is 2. The van der Waals surface area contributed by atoms with Crippen LogP contribution in [0.2, 0.25) is 0 Å². The molecule has 0 fully saturated rings. The lowest BCUT2D eigenvalue weighted by molar-refractivity contribution is -0.118. The number of ether oxygens (including phenoxy) is 1. The van der Waals surface area contributed by atoms with Crippen molar-refractivity contribution >= 4 is 28.4 Å². The summed E-state index contributed by atoms with van der Waals surface area (Å²) in [5.41, 5.74) is 3.98. The molecule has 3 aromatic carbocycles. The fourth-order valence-corrected chi connectivity index (χ4v) is 3.35. The van der Waals surface area contributed by atoms with Crippen LogP contribution in [0.4, 0.5) is 5.69 Å². The van der Waals surface area contributed by atoms with E-state index in [0.717, 1.165) is 16.6 Å². The van der Waals surface area contributed by atoms with Crippen molar-refractivity contribution in [1.82, 2.24) is 9.97 Å². The highest BCUT2D eigenvalue weighted by Crippen LogP contribution is 2.31. The molecule has 2 heterocycles. The summed E-state index contributed by atoms with van der Waals surface area (Å²) in [6, 6.07) is 20.1. The van der Waals surface area contributed by atoms with Crippen molar-refractivity contribution in [3.63, 3.8) is 0 Å². The molecule has 2 N–H and O–H groups in total. The van der Waals surface area contributed by atoms with Crippen LogP contribution in [0.5, 0.6) is 5.75 Å². The molecule has 1 aromatic heterocycles. The maximum atomic E-state index is 13.2. The number of para-hydroxylation sites is 2. The normalized spacial score (nSPS) is 12.9. The molecule has 0 saturated carbocycles. The second kappa shape index (κ2) is 6.35. The van der Waals surface area contributed by atoms with E-state index in [1.165, 1.54) is 0 Å². The first-order chi connectivity index (χ1) is 13.7. The van der Waals surface area contributed by atoms with Gasteiger partial charge in [0.1, 0.15) is 11.6 Å². The van der Waals surface area contributed by atoms with Gasteiger partial charge in [0.15, 0.2) is 12.4 Å². The number of carbonyl (C=O) groups is 2. The lowest BCUT2D eigenvalue weighted by Crippen LogP contribution is -2.25. The van der Waals surface area contributed by atoms with E-state index >= 15 is 0 Å². The zero-order valence-electron chi connectivity index (χ0n) is 14.7. The number of aromatic amines is 1. The van der Waals surface area contributed by atoms with Crippen molar-refractivity contribution in [3.8, 4) is 17.1 Å². The van der Waals surface area contributed by atoms with Gasteiger partial charge in [-0.25, -0.2) is 4.98 Å². The molecule has 0 saturated heterocycles. The summed E-state index contributed by atoms with van der Waals surface area (Å²) in [6.45, 7) is -0.0187. The molecular formula is C22H15N3O3. The first kappa shape index (κ1) is 16.3. The number of aromatic nitrogens is 2. The fraction of sp³-hybridized carbons (Fsp3) is 0.0455. The molecule has 0 unspecified atom stereocenters. The van der Waals surface area contributed by atoms with Gasteiger partial charge in [0.05, 0.1) is 16.7 Å². The molecule has 0 aliphatic carbocycles. The topological polar surface area (TPSA) is 84.1 Å². The van der Waals surface area contributed by atoms with Crippen molar-refractivity contribution in [3.05, 3.63) is 77.9 Å². The van der Waals surface area contributed by atoms with E-state index in [4.69, 9.17) is 4.74 Å². The number of anilines is 1. The zero-order valence-corrected chi connectivity index (χ0v) is 14.7. The van der Waals surface area contributed by atoms with E-state index in [9.17, 15) is 9.59 Å². The molecule has 0 spiro atoms. The number of carbonyl (C=O) groups excluding carboxylic acids is 2. The van der Waals surface area contributed by atoms with E-state index in [0.29, 0.717) is 28.4 Å². The fourth-order valence-electron chi connectivity index (χ4n) is 3.35. The Morgan fingerprint density at radius 2 is 1.82 bits per heavy atom. The Hall–Kier alpha value is -3.93. The molecule has 0 bridgehead atoms. The summed E-state index contributed by atoms with van der Waals surface area (Å²) in [5.74, 6) is 0.805. The minimum atomic E-state index is -0.236. The Morgan fingerprint density at radius 3 is 2.71 bits per heavy atom. The van der Waals surface area contributed by atoms with Crippen LogP contribution in [0.25, 0.3) is 22.4 Å². The standard InChI is InChI=1S/C22H15N3O3/c26-20-12-28-19-10-9-13(11-18(19)23-20)21(27)14-5-1-2-6-15(14)22-24-16-7-3-4-8-17(16)25-22/h1-11H,12H2,(H,23,26)(H,24,25). The number of hydrogen-bond donors (Lipinski definition) is 2. The van der Waals surface area contributed by atoms with E-state index in [1.807, 2.05) is 42.5 Å². The van der Waals surface area contributed by atoms with E-state index in [2.05, 4.69) is 15.3 Å². The number of H-pyrrole nitrogens is 1. The smallest absolute Gasteiger partial charge is 0.262 e. The van der Waals surface area contributed by atoms with Crippen molar-refractivity contribution in [1.29, 1.82) is 0 Å². The SMILES string of the molecule is O=C1COc2ccc(C(=O)c3ccccc3-c3nc4ccccc4[nH]3)cc2N1. The number of amides is 1. The lowest BCUT2D eigenvalue weighted by Gasteiger charge is -2.18. The van der Waals surface area contributed by atoms with Crippen molar-refractivity contribution < 1.29 is 14.3 Å². The molecular weight excluding hydrogens is 354 g/mol. The minimum absolute atomic E-state index is 0.0187. The van der Waals surface area contributed by atoms with Crippen LogP contribution in [-0.4, -0.2) is 28.3 Å². The summed E-state index contributed by atoms with van der Waals surface area (Å²) >= 11 is 0. The molecule has 1 aliphatic heterocycles. The second-order valence-corrected chi connectivity index (χ2v) is 6.53. The van der Waals surface area contributed by atoms with E-state index < -0.39 is 0 Å². The largest absolute Gasteiger partial charge is 0.482 e. The molecule has 6 nitrogen and oxygen atoms in total. The molecule has 0 radical (unpaired) electrons. The van der Waals surface area contributed by atoms with Gasteiger partial charge in [-0.1, -0.05) is 36.4 Å². The van der Waals surface area contributed by atoms with Crippen molar-refractivity contribution in [2.45, 2.75) is 0 Å². The molecule has 6 heteroatoms. The first-order valence-electron chi connectivity index (χ1n) is 8.84. The monoisotopic (exact) mass is 369 g/mol. The quantitative estimate of drug-likeness (QED) is 0.538. The average molecular weight is 369 g/mol. The summed E-state index contributed by atoms with van der Waals surface area (Å²) < 4.78 is 5.36. The van der Waals surface area contributed by atoms with Crippen LogP contribution in [0.1, 0.15) is 15.9 Å². The highest BCUT2D eigenvalue weighted by atomic mass is 16.5. The van der Waals surface area contributed by atoms with Crippen molar-refractivity contribution in [2.24, 2.45) is 0 Å². The third-order valence-corrected chi connectivity index (χ3v) is 4.69. The first-order valence-corrected chi connectivity index (χ1v) is 8.84. The highest BCUT2D eigenvalue weighted by molar-refractivity contribution is 6.13. The van der Waals surface area contributed by atoms with Gasteiger partial charge in [0.25, 0.3) is 5.91 Å². The van der Waals surface area contributed by atoms with Gasteiger partial charge >= 0.3 is 0 Å². The number of nitrogens with one attached hydrogen (secondary N) is 2. The van der Waals surface area contributed by atoms with Crippen LogP contribution in [0.15, 0.2) is 66.7 Å². The van der Waals surface area contributed by atoms with E-state index in [-0.39, 0.29) is 18.3 Å². The predicted octanol–water partition coefficient (Wildman–Crippen LogP) is 3.79. The second-order valence-electron chi connectivity index (χ2n) is 6.53. The number of nitrogens with zero attached hydrogens (tertiary/aromatic N) is 1. The zero-order chi connectivity index (χ0) is 19.1. The number of hydrogen-bond acceptors (Lipinski definition) is 4. The van der Waals surface area contributed by atoms with Crippen molar-refractivity contribution in [2.75, 3.05) is 11.9 Å². The molecule has 136 valence electrons. The van der Waals surface area contributed by atoms with Gasteiger partial charge in [-0.2, -0.15) is 0 Å². The molecule has 0 atom stereocenters. The summed E-state index contributed by atoms with van der Waals surface area (Å²) in [4.78, 5) is 32.7. The van der Waals surface area contributed by atoms with Crippen LogP contribution in [0, 0.1) is 0 Å². The van der Waals surface area contributed by atoms with Gasteiger partial charge in [0.2, 0.25) is 0 Å². The van der Waals surface area contributed by atoms with Gasteiger partial charge in [-0.3, -0.25) is 9.59 Å². The summed E-state index contributed by atoms with van der Waals surface area (Å²) in [6.07, 6.45) is 0. The van der Waals surface area contributed by atoms with Crippen LogP contribution < -0.4 is 10.1 Å². The predicted molar refractivity (Wildman–Crippen MR) is 106 cm³/mol. The third-order valence-electron chi connectivity index (χ3n) is 4.69. The Bertz CT molecular complexity index is 1210. The van der Waals surface area contributed by atoms with Crippen LogP contribution in [0.3, 0.4) is 0 Å². The maximum absolute atomic E-state index is 13.2.